The van der Waals surface area contributed by atoms with Crippen LogP contribution in [0.15, 0.2) is 18.2 Å². The Kier molecular flexibility index (Phi) is 5.14. The molecule has 0 amide bonds. The summed E-state index contributed by atoms with van der Waals surface area (Å²) in [7, 11) is 0. The van der Waals surface area contributed by atoms with E-state index in [1.54, 1.807) is 19.1 Å². The third kappa shape index (κ3) is 3.51. The zero-order chi connectivity index (χ0) is 15.4. The monoisotopic (exact) mass is 294 g/mol. The number of aliphatic hydroxyl groups is 2. The molecule has 6 heteroatoms. The minimum absolute atomic E-state index is 0.00579. The van der Waals surface area contributed by atoms with Crippen molar-refractivity contribution in [3.63, 3.8) is 0 Å². The number of hydrogen-bond acceptors (Lipinski definition) is 5. The lowest BCUT2D eigenvalue weighted by molar-refractivity contribution is -0.384. The first kappa shape index (κ1) is 15.7. The van der Waals surface area contributed by atoms with Gasteiger partial charge < -0.3 is 15.1 Å². The Hall–Kier alpha value is -1.66. The highest BCUT2D eigenvalue weighted by molar-refractivity contribution is 5.65. The average molecular weight is 294 g/mol. The summed E-state index contributed by atoms with van der Waals surface area (Å²) in [5, 5.41) is 30.2. The maximum absolute atomic E-state index is 11.4. The quantitative estimate of drug-likeness (QED) is 0.621. The highest BCUT2D eigenvalue weighted by Crippen LogP contribution is 2.35. The summed E-state index contributed by atoms with van der Waals surface area (Å²) in [4.78, 5) is 12.9. The van der Waals surface area contributed by atoms with Crippen LogP contribution in [0.25, 0.3) is 0 Å². The molecule has 0 heterocycles. The smallest absolute Gasteiger partial charge is 0.292 e. The Labute approximate surface area is 124 Å². The minimum atomic E-state index is -0.740. The molecule has 0 unspecified atom stereocenters. The fraction of sp³-hybridized carbons (Fsp3) is 0.600. The summed E-state index contributed by atoms with van der Waals surface area (Å²) >= 11 is 0. The Morgan fingerprint density at radius 3 is 2.62 bits per heavy atom. The molecular weight excluding hydrogens is 272 g/mol. The molecule has 0 aliphatic heterocycles. The van der Waals surface area contributed by atoms with Crippen molar-refractivity contribution >= 4 is 11.4 Å². The van der Waals surface area contributed by atoms with Gasteiger partial charge in [0.25, 0.3) is 5.69 Å². The number of aliphatic hydroxyl groups excluding tert-OH is 2. The van der Waals surface area contributed by atoms with E-state index in [1.165, 1.54) is 6.07 Å². The van der Waals surface area contributed by atoms with Crippen LogP contribution in [0.1, 0.15) is 44.3 Å². The van der Waals surface area contributed by atoms with Gasteiger partial charge in [-0.25, -0.2) is 0 Å². The molecule has 2 rings (SSSR count). The molecule has 0 saturated heterocycles. The summed E-state index contributed by atoms with van der Waals surface area (Å²) in [5.41, 5.74) is 1.06. The van der Waals surface area contributed by atoms with Crippen molar-refractivity contribution < 1.29 is 15.1 Å². The van der Waals surface area contributed by atoms with Gasteiger partial charge in [-0.15, -0.1) is 0 Å². The zero-order valence-electron chi connectivity index (χ0n) is 12.2. The summed E-state index contributed by atoms with van der Waals surface area (Å²) < 4.78 is 0. The SMILES string of the molecule is C[C@H](O)c1ccc(N(CCO)C2CCCC2)c([N+](=O)[O-])c1. The molecule has 2 N–H and O–H groups in total. The fourth-order valence-electron chi connectivity index (χ4n) is 3.01. The summed E-state index contributed by atoms with van der Waals surface area (Å²) in [5.74, 6) is 0. The zero-order valence-corrected chi connectivity index (χ0v) is 12.2. The van der Waals surface area contributed by atoms with Gasteiger partial charge in [-0.1, -0.05) is 18.9 Å². The van der Waals surface area contributed by atoms with Crippen LogP contribution >= 0.6 is 0 Å². The molecule has 0 aromatic heterocycles. The highest BCUT2D eigenvalue weighted by Gasteiger charge is 2.28. The molecular formula is C15H22N2O4. The molecule has 21 heavy (non-hydrogen) atoms. The predicted molar refractivity (Wildman–Crippen MR) is 80.4 cm³/mol. The molecule has 116 valence electrons. The molecule has 1 aromatic carbocycles. The highest BCUT2D eigenvalue weighted by atomic mass is 16.6. The number of hydrogen-bond donors (Lipinski definition) is 2. The topological polar surface area (TPSA) is 86.8 Å². The van der Waals surface area contributed by atoms with Crippen LogP contribution in [0.3, 0.4) is 0 Å². The summed E-state index contributed by atoms with van der Waals surface area (Å²) in [6.07, 6.45) is 3.48. The van der Waals surface area contributed by atoms with E-state index in [4.69, 9.17) is 0 Å². The van der Waals surface area contributed by atoms with E-state index in [0.717, 1.165) is 25.7 Å². The van der Waals surface area contributed by atoms with E-state index < -0.39 is 11.0 Å². The Balaban J connectivity index is 2.40. The van der Waals surface area contributed by atoms with Crippen molar-refractivity contribution in [1.29, 1.82) is 0 Å². The molecule has 0 radical (unpaired) electrons. The van der Waals surface area contributed by atoms with Gasteiger partial charge in [0.05, 0.1) is 17.6 Å². The number of benzene rings is 1. The summed E-state index contributed by atoms with van der Waals surface area (Å²) in [6.45, 7) is 1.94. The molecule has 1 fully saturated rings. The van der Waals surface area contributed by atoms with E-state index in [-0.39, 0.29) is 18.3 Å². The van der Waals surface area contributed by atoms with Crippen molar-refractivity contribution in [2.45, 2.75) is 44.8 Å². The van der Waals surface area contributed by atoms with Crippen molar-refractivity contribution in [3.8, 4) is 0 Å². The number of rotatable bonds is 6. The number of nitro groups is 1. The Morgan fingerprint density at radius 2 is 2.10 bits per heavy atom. The van der Waals surface area contributed by atoms with Crippen molar-refractivity contribution in [2.75, 3.05) is 18.1 Å². The Morgan fingerprint density at radius 1 is 1.43 bits per heavy atom. The molecule has 6 nitrogen and oxygen atoms in total. The van der Waals surface area contributed by atoms with Crippen LogP contribution in [0.4, 0.5) is 11.4 Å². The van der Waals surface area contributed by atoms with Crippen LogP contribution in [0.5, 0.6) is 0 Å². The van der Waals surface area contributed by atoms with E-state index in [0.29, 0.717) is 17.8 Å². The molecule has 1 saturated carbocycles. The second kappa shape index (κ2) is 6.87. The van der Waals surface area contributed by atoms with Crippen molar-refractivity contribution in [3.05, 3.63) is 33.9 Å². The second-order valence-corrected chi connectivity index (χ2v) is 5.54. The molecule has 1 atom stereocenters. The minimum Gasteiger partial charge on any atom is -0.395 e. The lowest BCUT2D eigenvalue weighted by Gasteiger charge is -2.30. The van der Waals surface area contributed by atoms with E-state index in [1.807, 2.05) is 4.90 Å². The van der Waals surface area contributed by atoms with Gasteiger partial charge in [-0.05, 0) is 31.4 Å². The largest absolute Gasteiger partial charge is 0.395 e. The fourth-order valence-corrected chi connectivity index (χ4v) is 3.01. The standard InChI is InChI=1S/C15H22N2O4/c1-11(19)12-6-7-14(15(10-12)17(20)21)16(8-9-18)13-4-2-3-5-13/h6-7,10-11,13,18-19H,2-5,8-9H2,1H3/t11-/m0/s1. The first-order chi connectivity index (χ1) is 10.0. The summed E-state index contributed by atoms with van der Waals surface area (Å²) in [6, 6.07) is 5.08. The van der Waals surface area contributed by atoms with Crippen molar-refractivity contribution in [1.82, 2.24) is 0 Å². The van der Waals surface area contributed by atoms with Crippen LogP contribution in [-0.2, 0) is 0 Å². The van der Waals surface area contributed by atoms with Gasteiger partial charge in [0.1, 0.15) is 5.69 Å². The molecule has 1 aliphatic carbocycles. The maximum Gasteiger partial charge on any atom is 0.292 e. The van der Waals surface area contributed by atoms with Gasteiger partial charge >= 0.3 is 0 Å². The lowest BCUT2D eigenvalue weighted by atomic mass is 10.1. The van der Waals surface area contributed by atoms with Gasteiger partial charge in [-0.3, -0.25) is 10.1 Å². The first-order valence-corrected chi connectivity index (χ1v) is 7.38. The first-order valence-electron chi connectivity index (χ1n) is 7.38. The normalized spacial score (nSPS) is 16.9. The van der Waals surface area contributed by atoms with Crippen LogP contribution in [0.2, 0.25) is 0 Å². The number of anilines is 1. The predicted octanol–water partition coefficient (Wildman–Crippen LogP) is 2.39. The molecule has 0 bridgehead atoms. The van der Waals surface area contributed by atoms with Crippen LogP contribution in [0, 0.1) is 10.1 Å². The van der Waals surface area contributed by atoms with E-state index in [9.17, 15) is 20.3 Å². The van der Waals surface area contributed by atoms with Crippen LogP contribution in [-0.4, -0.2) is 34.3 Å². The van der Waals surface area contributed by atoms with E-state index >= 15 is 0 Å². The third-order valence-electron chi connectivity index (χ3n) is 4.09. The number of nitrogens with zero attached hydrogens (tertiary/aromatic N) is 2. The second-order valence-electron chi connectivity index (χ2n) is 5.54. The Bertz CT molecular complexity index is 498. The van der Waals surface area contributed by atoms with Gasteiger partial charge in [0, 0.05) is 18.7 Å². The lowest BCUT2D eigenvalue weighted by Crippen LogP contribution is -2.36. The average Bonchev–Trinajstić information content (AvgIpc) is 2.98. The molecule has 1 aromatic rings. The maximum atomic E-state index is 11.4. The van der Waals surface area contributed by atoms with Gasteiger partial charge in [-0.2, -0.15) is 0 Å². The van der Waals surface area contributed by atoms with Crippen LogP contribution < -0.4 is 4.90 Å². The van der Waals surface area contributed by atoms with Crippen molar-refractivity contribution in [2.24, 2.45) is 0 Å². The van der Waals surface area contributed by atoms with Gasteiger partial charge in [0.15, 0.2) is 0 Å². The van der Waals surface area contributed by atoms with E-state index in [2.05, 4.69) is 0 Å². The number of nitro benzene ring substituents is 1. The third-order valence-corrected chi connectivity index (χ3v) is 4.09. The molecule has 1 aliphatic rings. The van der Waals surface area contributed by atoms with Gasteiger partial charge in [0.2, 0.25) is 0 Å². The molecule has 0 spiro atoms.